The Hall–Kier alpha value is -3.17. The Bertz CT molecular complexity index is 1130. The lowest BCUT2D eigenvalue weighted by atomic mass is 10.1. The molecule has 3 aromatic rings. The molecule has 0 aliphatic carbocycles. The number of carbonyl (C=O) groups excluding carboxylic acids is 1. The average Bonchev–Trinajstić information content (AvgIpc) is 3.17. The van der Waals surface area contributed by atoms with E-state index in [-0.39, 0.29) is 22.2 Å². The minimum Gasteiger partial charge on any atom is -0.368 e. The summed E-state index contributed by atoms with van der Waals surface area (Å²) in [6.45, 7) is 0.396. The van der Waals surface area contributed by atoms with Crippen LogP contribution in [0.15, 0.2) is 65.8 Å². The van der Waals surface area contributed by atoms with Crippen LogP contribution in [0.2, 0.25) is 0 Å². The van der Waals surface area contributed by atoms with E-state index in [1.165, 1.54) is 30.5 Å². The van der Waals surface area contributed by atoms with E-state index in [0.29, 0.717) is 18.5 Å². The molecule has 9 heteroatoms. The third-order valence-corrected chi connectivity index (χ3v) is 6.25. The molecule has 2 aromatic heterocycles. The highest BCUT2D eigenvalue weighted by molar-refractivity contribution is 7.90. The van der Waals surface area contributed by atoms with Crippen molar-refractivity contribution >= 4 is 21.6 Å². The number of hydrogen-bond donors (Lipinski definition) is 3. The van der Waals surface area contributed by atoms with Crippen LogP contribution in [0.5, 0.6) is 0 Å². The first kappa shape index (κ1) is 18.2. The van der Waals surface area contributed by atoms with Crippen molar-refractivity contribution in [3.05, 3.63) is 77.9 Å². The second-order valence-corrected chi connectivity index (χ2v) is 8.10. The van der Waals surface area contributed by atoms with Gasteiger partial charge in [0, 0.05) is 36.6 Å². The van der Waals surface area contributed by atoms with Crippen molar-refractivity contribution in [3.8, 4) is 0 Å². The first-order valence-corrected chi connectivity index (χ1v) is 10.1. The number of aliphatic hydroxyl groups is 1. The Morgan fingerprint density at radius 2 is 2.07 bits per heavy atom. The summed E-state index contributed by atoms with van der Waals surface area (Å²) in [4.78, 5) is 16.6. The van der Waals surface area contributed by atoms with Crippen LogP contribution < -0.4 is 10.6 Å². The summed E-state index contributed by atoms with van der Waals surface area (Å²) in [6.07, 6.45) is 2.44. The van der Waals surface area contributed by atoms with Gasteiger partial charge in [0.05, 0.1) is 11.4 Å². The Balaban J connectivity index is 1.55. The maximum absolute atomic E-state index is 12.8. The van der Waals surface area contributed by atoms with Gasteiger partial charge in [0.2, 0.25) is 0 Å². The predicted molar refractivity (Wildman–Crippen MR) is 102 cm³/mol. The van der Waals surface area contributed by atoms with E-state index in [1.54, 1.807) is 12.3 Å². The van der Waals surface area contributed by atoms with Gasteiger partial charge in [-0.1, -0.05) is 6.07 Å². The molecule has 0 bridgehead atoms. The predicted octanol–water partition coefficient (Wildman–Crippen LogP) is 1.51. The number of rotatable bonds is 4. The standard InChI is InChI=1S/C19H18N4O4S/c24-18(21-10-8-14-4-1-2-9-20-14)13-6-7-17-15(12-13)22-19(25)16-5-3-11-23(16)28(17,26)27/h1-7,9,11-12,19,22,25H,8,10H2,(H,21,24). The molecule has 3 heterocycles. The lowest BCUT2D eigenvalue weighted by Crippen LogP contribution is -2.26. The van der Waals surface area contributed by atoms with Crippen LogP contribution in [-0.2, 0) is 16.4 Å². The van der Waals surface area contributed by atoms with Crippen LogP contribution >= 0.6 is 0 Å². The number of pyridine rings is 1. The molecular weight excluding hydrogens is 380 g/mol. The molecule has 1 unspecified atom stereocenters. The summed E-state index contributed by atoms with van der Waals surface area (Å²) in [5, 5.41) is 15.9. The van der Waals surface area contributed by atoms with E-state index < -0.39 is 16.3 Å². The molecule has 1 aliphatic rings. The number of aliphatic hydroxyl groups excluding tert-OH is 1. The van der Waals surface area contributed by atoms with Gasteiger partial charge in [0.15, 0.2) is 6.23 Å². The number of nitrogens with one attached hydrogen (secondary N) is 2. The maximum atomic E-state index is 12.8. The fraction of sp³-hybridized carbons (Fsp3) is 0.158. The first-order valence-electron chi connectivity index (χ1n) is 8.66. The van der Waals surface area contributed by atoms with Gasteiger partial charge in [-0.05, 0) is 42.5 Å². The molecule has 0 saturated heterocycles. The van der Waals surface area contributed by atoms with Crippen LogP contribution in [0, 0.1) is 0 Å². The number of anilines is 1. The smallest absolute Gasteiger partial charge is 0.270 e. The average molecular weight is 398 g/mol. The Labute approximate surface area is 161 Å². The molecule has 1 aromatic carbocycles. The molecule has 0 spiro atoms. The Morgan fingerprint density at radius 3 is 2.86 bits per heavy atom. The summed E-state index contributed by atoms with van der Waals surface area (Å²) in [5.41, 5.74) is 1.54. The molecule has 3 N–H and O–H groups in total. The van der Waals surface area contributed by atoms with Crippen molar-refractivity contribution in [2.24, 2.45) is 0 Å². The molecule has 144 valence electrons. The monoisotopic (exact) mass is 398 g/mol. The van der Waals surface area contributed by atoms with E-state index in [4.69, 9.17) is 0 Å². The highest BCUT2D eigenvalue weighted by atomic mass is 32.2. The SMILES string of the molecule is O=C(NCCc1ccccn1)c1ccc2c(c1)NC(O)c1cccn1S2(=O)=O. The van der Waals surface area contributed by atoms with Gasteiger partial charge in [-0.25, -0.2) is 12.4 Å². The quantitative estimate of drug-likeness (QED) is 0.614. The Kier molecular flexibility index (Phi) is 4.62. The van der Waals surface area contributed by atoms with E-state index in [1.807, 2.05) is 18.2 Å². The molecule has 0 fully saturated rings. The summed E-state index contributed by atoms with van der Waals surface area (Å²) in [5.74, 6) is -0.337. The molecule has 4 rings (SSSR count). The molecule has 0 radical (unpaired) electrons. The summed E-state index contributed by atoms with van der Waals surface area (Å²) in [6, 6.07) is 12.9. The lowest BCUT2D eigenvalue weighted by molar-refractivity contribution is 0.0954. The highest BCUT2D eigenvalue weighted by Crippen LogP contribution is 2.33. The molecule has 0 saturated carbocycles. The van der Waals surface area contributed by atoms with Crippen molar-refractivity contribution in [2.75, 3.05) is 11.9 Å². The summed E-state index contributed by atoms with van der Waals surface area (Å²) < 4.78 is 26.7. The summed E-state index contributed by atoms with van der Waals surface area (Å²) >= 11 is 0. The van der Waals surface area contributed by atoms with Crippen LogP contribution in [0.4, 0.5) is 5.69 Å². The third-order valence-electron chi connectivity index (χ3n) is 4.49. The number of benzene rings is 1. The normalized spacial score (nSPS) is 17.0. The third kappa shape index (κ3) is 3.25. The number of aromatic nitrogens is 2. The fourth-order valence-electron chi connectivity index (χ4n) is 3.10. The van der Waals surface area contributed by atoms with Crippen molar-refractivity contribution in [1.29, 1.82) is 0 Å². The van der Waals surface area contributed by atoms with E-state index >= 15 is 0 Å². The molecule has 28 heavy (non-hydrogen) atoms. The van der Waals surface area contributed by atoms with E-state index in [2.05, 4.69) is 15.6 Å². The van der Waals surface area contributed by atoms with Crippen LogP contribution in [0.25, 0.3) is 0 Å². The van der Waals surface area contributed by atoms with Gasteiger partial charge in [-0.15, -0.1) is 0 Å². The van der Waals surface area contributed by atoms with Crippen molar-refractivity contribution in [2.45, 2.75) is 17.5 Å². The van der Waals surface area contributed by atoms with Crippen LogP contribution in [0.1, 0.15) is 28.0 Å². The zero-order chi connectivity index (χ0) is 19.7. The highest BCUT2D eigenvalue weighted by Gasteiger charge is 2.30. The largest absolute Gasteiger partial charge is 0.368 e. The van der Waals surface area contributed by atoms with Crippen LogP contribution in [0.3, 0.4) is 0 Å². The molecule has 8 nitrogen and oxygen atoms in total. The minimum absolute atomic E-state index is 0.00784. The van der Waals surface area contributed by atoms with E-state index in [0.717, 1.165) is 9.67 Å². The first-order chi connectivity index (χ1) is 13.5. The maximum Gasteiger partial charge on any atom is 0.270 e. The summed E-state index contributed by atoms with van der Waals surface area (Å²) in [7, 11) is -3.87. The van der Waals surface area contributed by atoms with Crippen molar-refractivity contribution in [3.63, 3.8) is 0 Å². The zero-order valence-electron chi connectivity index (χ0n) is 14.7. The van der Waals surface area contributed by atoms with Crippen molar-refractivity contribution < 1.29 is 18.3 Å². The van der Waals surface area contributed by atoms with Gasteiger partial charge >= 0.3 is 0 Å². The topological polar surface area (TPSA) is 113 Å². The van der Waals surface area contributed by atoms with Crippen LogP contribution in [-0.4, -0.2) is 34.9 Å². The number of amides is 1. The number of fused-ring (bicyclic) bond motifs is 2. The van der Waals surface area contributed by atoms with Gasteiger partial charge in [-0.3, -0.25) is 9.78 Å². The lowest BCUT2D eigenvalue weighted by Gasteiger charge is -2.12. The minimum atomic E-state index is -3.87. The molecular formula is C19H18N4O4S. The molecule has 1 amide bonds. The number of hydrogen-bond acceptors (Lipinski definition) is 6. The van der Waals surface area contributed by atoms with Gasteiger partial charge < -0.3 is 15.7 Å². The second kappa shape index (κ2) is 7.10. The number of nitrogens with zero attached hydrogens (tertiary/aromatic N) is 2. The van der Waals surface area contributed by atoms with Crippen molar-refractivity contribution in [1.82, 2.24) is 14.3 Å². The zero-order valence-corrected chi connectivity index (χ0v) is 15.6. The second-order valence-electron chi connectivity index (χ2n) is 6.32. The molecule has 1 aliphatic heterocycles. The Morgan fingerprint density at radius 1 is 1.21 bits per heavy atom. The van der Waals surface area contributed by atoms with Gasteiger partial charge in [0.25, 0.3) is 15.9 Å². The van der Waals surface area contributed by atoms with Gasteiger partial charge in [-0.2, -0.15) is 0 Å². The fourth-order valence-corrected chi connectivity index (χ4v) is 4.61. The molecule has 1 atom stereocenters. The van der Waals surface area contributed by atoms with E-state index in [9.17, 15) is 18.3 Å². The van der Waals surface area contributed by atoms with Gasteiger partial charge in [0.1, 0.15) is 4.90 Å². The number of carbonyl (C=O) groups is 1.